The Balaban J connectivity index is 1.62. The molecule has 0 aromatic heterocycles. The van der Waals surface area contributed by atoms with Crippen molar-refractivity contribution in [1.29, 1.82) is 0 Å². The van der Waals surface area contributed by atoms with Gasteiger partial charge in [0.1, 0.15) is 5.75 Å². The summed E-state index contributed by atoms with van der Waals surface area (Å²) in [6.07, 6.45) is 6.88. The van der Waals surface area contributed by atoms with E-state index >= 15 is 0 Å². The Bertz CT molecular complexity index is 651. The highest BCUT2D eigenvalue weighted by atomic mass is 32.2. The zero-order valence-electron chi connectivity index (χ0n) is 14.4. The Morgan fingerprint density at radius 3 is 2.46 bits per heavy atom. The van der Waals surface area contributed by atoms with Crippen LogP contribution in [0.15, 0.2) is 54.6 Å². The second-order valence-corrected chi connectivity index (χ2v) is 8.56. The Kier molecular flexibility index (Phi) is 4.84. The highest BCUT2D eigenvalue weighted by Crippen LogP contribution is 2.57. The largest absolute Gasteiger partial charge is 0.497 e. The van der Waals surface area contributed by atoms with Crippen LogP contribution in [-0.4, -0.2) is 12.4 Å². The molecule has 1 aliphatic carbocycles. The van der Waals surface area contributed by atoms with Gasteiger partial charge in [-0.25, -0.2) is 0 Å². The van der Waals surface area contributed by atoms with E-state index in [0.717, 1.165) is 22.8 Å². The van der Waals surface area contributed by atoms with Crippen LogP contribution < -0.4 is 4.74 Å². The summed E-state index contributed by atoms with van der Waals surface area (Å²) in [5, 5.41) is 1.49. The summed E-state index contributed by atoms with van der Waals surface area (Å²) in [4.78, 5) is 0. The molecule has 1 saturated carbocycles. The van der Waals surface area contributed by atoms with Crippen molar-refractivity contribution in [3.63, 3.8) is 0 Å². The first-order valence-corrected chi connectivity index (χ1v) is 10.1. The highest BCUT2D eigenvalue weighted by molar-refractivity contribution is 8.00. The SMILES string of the molecule is COc1ccc(C2SC3CCCCC3C2Cc2ccccc2)cc1. The van der Waals surface area contributed by atoms with Crippen molar-refractivity contribution in [2.75, 3.05) is 7.11 Å². The fraction of sp³-hybridized carbons (Fsp3) is 0.455. The number of methoxy groups -OCH3 is 1. The van der Waals surface area contributed by atoms with Crippen molar-refractivity contribution in [2.45, 2.75) is 42.6 Å². The number of benzene rings is 2. The van der Waals surface area contributed by atoms with Gasteiger partial charge in [-0.2, -0.15) is 0 Å². The fourth-order valence-corrected chi connectivity index (χ4v) is 6.60. The summed E-state index contributed by atoms with van der Waals surface area (Å²) < 4.78 is 5.34. The molecular formula is C22H26OS. The van der Waals surface area contributed by atoms with Crippen LogP contribution in [0.4, 0.5) is 0 Å². The Hall–Kier alpha value is -1.41. The van der Waals surface area contributed by atoms with Crippen molar-refractivity contribution in [1.82, 2.24) is 0 Å². The van der Waals surface area contributed by atoms with Gasteiger partial charge in [-0.3, -0.25) is 0 Å². The minimum Gasteiger partial charge on any atom is -0.497 e. The molecule has 4 atom stereocenters. The normalized spacial score (nSPS) is 29.2. The molecule has 1 heterocycles. The van der Waals surface area contributed by atoms with E-state index in [1.807, 2.05) is 0 Å². The number of thioether (sulfide) groups is 1. The molecule has 2 fully saturated rings. The van der Waals surface area contributed by atoms with Crippen molar-refractivity contribution in [3.05, 3.63) is 65.7 Å². The molecule has 0 spiro atoms. The summed E-state index contributed by atoms with van der Waals surface area (Å²) >= 11 is 2.25. The fourth-order valence-electron chi connectivity index (χ4n) is 4.56. The second kappa shape index (κ2) is 7.23. The maximum atomic E-state index is 5.34. The lowest BCUT2D eigenvalue weighted by atomic mass is 9.75. The molecule has 0 N–H and O–H groups in total. The molecule has 1 saturated heterocycles. The predicted octanol–water partition coefficient (Wildman–Crippen LogP) is 5.90. The third-order valence-electron chi connectivity index (χ3n) is 5.77. The molecule has 2 heteroatoms. The highest BCUT2D eigenvalue weighted by Gasteiger charge is 2.44. The number of hydrogen-bond acceptors (Lipinski definition) is 2. The molecule has 1 aliphatic heterocycles. The van der Waals surface area contributed by atoms with Gasteiger partial charge in [-0.15, -0.1) is 11.8 Å². The van der Waals surface area contributed by atoms with Gasteiger partial charge >= 0.3 is 0 Å². The monoisotopic (exact) mass is 338 g/mol. The molecule has 4 rings (SSSR count). The number of hydrogen-bond donors (Lipinski definition) is 0. The maximum Gasteiger partial charge on any atom is 0.118 e. The van der Waals surface area contributed by atoms with Crippen molar-refractivity contribution < 1.29 is 4.74 Å². The minimum absolute atomic E-state index is 0.629. The molecule has 0 amide bonds. The average Bonchev–Trinajstić information content (AvgIpc) is 3.01. The first-order valence-electron chi connectivity index (χ1n) is 9.18. The van der Waals surface area contributed by atoms with Crippen LogP contribution in [0, 0.1) is 11.8 Å². The van der Waals surface area contributed by atoms with E-state index in [9.17, 15) is 0 Å². The Labute approximate surface area is 149 Å². The van der Waals surface area contributed by atoms with Crippen LogP contribution in [0.5, 0.6) is 5.75 Å². The van der Waals surface area contributed by atoms with Crippen LogP contribution in [0.1, 0.15) is 42.1 Å². The zero-order chi connectivity index (χ0) is 16.4. The van der Waals surface area contributed by atoms with E-state index < -0.39 is 0 Å². The van der Waals surface area contributed by atoms with Crippen LogP contribution in [-0.2, 0) is 6.42 Å². The van der Waals surface area contributed by atoms with E-state index in [1.54, 1.807) is 7.11 Å². The number of fused-ring (bicyclic) bond motifs is 1. The Morgan fingerprint density at radius 1 is 0.958 bits per heavy atom. The molecule has 24 heavy (non-hydrogen) atoms. The smallest absolute Gasteiger partial charge is 0.118 e. The minimum atomic E-state index is 0.629. The average molecular weight is 339 g/mol. The number of rotatable bonds is 4. The van der Waals surface area contributed by atoms with E-state index in [1.165, 1.54) is 43.2 Å². The lowest BCUT2D eigenvalue weighted by molar-refractivity contribution is 0.272. The molecule has 4 unspecified atom stereocenters. The number of ether oxygens (including phenoxy) is 1. The van der Waals surface area contributed by atoms with Gasteiger partial charge in [0.25, 0.3) is 0 Å². The van der Waals surface area contributed by atoms with Gasteiger partial charge in [-0.05, 0) is 54.4 Å². The molecule has 2 aliphatic rings. The summed E-state index contributed by atoms with van der Waals surface area (Å²) in [6, 6.07) is 19.9. The molecule has 0 bridgehead atoms. The van der Waals surface area contributed by atoms with Crippen LogP contribution in [0.3, 0.4) is 0 Å². The summed E-state index contributed by atoms with van der Waals surface area (Å²) in [5.74, 6) is 2.60. The van der Waals surface area contributed by atoms with Crippen LogP contribution in [0.2, 0.25) is 0 Å². The quantitative estimate of drug-likeness (QED) is 0.686. The van der Waals surface area contributed by atoms with Gasteiger partial charge in [0.05, 0.1) is 7.11 Å². The van der Waals surface area contributed by atoms with Gasteiger partial charge in [-0.1, -0.05) is 55.3 Å². The Morgan fingerprint density at radius 2 is 1.71 bits per heavy atom. The first-order chi connectivity index (χ1) is 11.8. The van der Waals surface area contributed by atoms with E-state index in [4.69, 9.17) is 4.74 Å². The zero-order valence-corrected chi connectivity index (χ0v) is 15.2. The summed E-state index contributed by atoms with van der Waals surface area (Å²) in [7, 11) is 1.74. The topological polar surface area (TPSA) is 9.23 Å². The summed E-state index contributed by atoms with van der Waals surface area (Å²) in [6.45, 7) is 0. The standard InChI is InChI=1S/C22H26OS/c1-23-18-13-11-17(12-14-18)22-20(15-16-7-3-2-4-8-16)19-9-5-6-10-21(19)24-22/h2-4,7-8,11-14,19-22H,5-6,9-10,15H2,1H3. The molecule has 1 nitrogen and oxygen atoms in total. The third-order valence-corrected chi connectivity index (χ3v) is 7.62. The van der Waals surface area contributed by atoms with Crippen LogP contribution >= 0.6 is 11.8 Å². The second-order valence-electron chi connectivity index (χ2n) is 7.17. The van der Waals surface area contributed by atoms with Gasteiger partial charge in [0, 0.05) is 10.5 Å². The van der Waals surface area contributed by atoms with Crippen molar-refractivity contribution >= 4 is 11.8 Å². The summed E-state index contributed by atoms with van der Waals surface area (Å²) in [5.41, 5.74) is 2.98. The van der Waals surface area contributed by atoms with Crippen LogP contribution in [0.25, 0.3) is 0 Å². The van der Waals surface area contributed by atoms with Gasteiger partial charge in [0.15, 0.2) is 0 Å². The predicted molar refractivity (Wildman–Crippen MR) is 103 cm³/mol. The maximum absolute atomic E-state index is 5.34. The van der Waals surface area contributed by atoms with E-state index in [2.05, 4.69) is 66.4 Å². The molecule has 2 aromatic carbocycles. The van der Waals surface area contributed by atoms with Crippen molar-refractivity contribution in [3.8, 4) is 5.75 Å². The lowest BCUT2D eigenvalue weighted by Crippen LogP contribution is -2.25. The first kappa shape index (κ1) is 16.1. The van der Waals surface area contributed by atoms with E-state index in [-0.39, 0.29) is 0 Å². The van der Waals surface area contributed by atoms with E-state index in [0.29, 0.717) is 5.25 Å². The molecule has 126 valence electrons. The van der Waals surface area contributed by atoms with Gasteiger partial charge in [0.2, 0.25) is 0 Å². The lowest BCUT2D eigenvalue weighted by Gasteiger charge is -2.29. The molecule has 2 aromatic rings. The molecular weight excluding hydrogens is 312 g/mol. The third kappa shape index (κ3) is 3.21. The van der Waals surface area contributed by atoms with Gasteiger partial charge < -0.3 is 4.74 Å². The van der Waals surface area contributed by atoms with Crippen molar-refractivity contribution in [2.24, 2.45) is 11.8 Å². The molecule has 0 radical (unpaired) electrons.